The number of fused-ring (bicyclic) bond motifs is 5. The minimum atomic E-state index is -3.99. The van der Waals surface area contributed by atoms with E-state index in [1.807, 2.05) is 0 Å². The summed E-state index contributed by atoms with van der Waals surface area (Å²) in [4.78, 5) is 20.9. The number of hydrogen-bond donors (Lipinski definition) is 3. The first-order valence-corrected chi connectivity index (χ1v) is 17.9. The zero-order valence-corrected chi connectivity index (χ0v) is 25.3. The van der Waals surface area contributed by atoms with Crippen molar-refractivity contribution in [3.8, 4) is 0 Å². The van der Waals surface area contributed by atoms with Crippen LogP contribution in [0.4, 0.5) is 15.9 Å². The lowest BCUT2D eigenvalue weighted by molar-refractivity contribution is -0.0494. The van der Waals surface area contributed by atoms with E-state index in [-0.39, 0.29) is 30.8 Å². The molecule has 0 aromatic carbocycles. The van der Waals surface area contributed by atoms with Crippen molar-refractivity contribution in [2.75, 3.05) is 44.2 Å². The molecule has 3 aliphatic heterocycles. The Morgan fingerprint density at radius 3 is 2.41 bits per heavy atom. The number of aliphatic hydroxyl groups is 1. The van der Waals surface area contributed by atoms with E-state index >= 15 is 4.39 Å². The fourth-order valence-corrected chi connectivity index (χ4v) is 8.82. The van der Waals surface area contributed by atoms with Gasteiger partial charge in [0.25, 0.3) is 0 Å². The van der Waals surface area contributed by atoms with Crippen LogP contribution in [-0.4, -0.2) is 102 Å². The monoisotopic (exact) mass is 653 g/mol. The summed E-state index contributed by atoms with van der Waals surface area (Å²) < 4.78 is 75.8. The highest BCUT2D eigenvalue weighted by atomic mass is 31.2. The topological polar surface area (TPSA) is 227 Å². The van der Waals surface area contributed by atoms with Crippen LogP contribution in [0.25, 0.3) is 22.3 Å². The Bertz CT molecular complexity index is 1820. The third-order valence-corrected chi connectivity index (χ3v) is 11.1. The van der Waals surface area contributed by atoms with Crippen molar-refractivity contribution in [2.45, 2.75) is 43.0 Å². The van der Waals surface area contributed by atoms with E-state index in [4.69, 9.17) is 34.5 Å². The number of halogens is 1. The van der Waals surface area contributed by atoms with Crippen molar-refractivity contribution in [3.05, 3.63) is 31.2 Å². The molecule has 4 aromatic rings. The van der Waals surface area contributed by atoms with Gasteiger partial charge in [-0.15, -0.1) is 0 Å². The van der Waals surface area contributed by atoms with Crippen LogP contribution >= 0.6 is 15.0 Å². The molecular formula is C24H30FN9O8P2. The molecule has 236 valence electrons. The Morgan fingerprint density at radius 1 is 0.932 bits per heavy atom. The van der Waals surface area contributed by atoms with Crippen molar-refractivity contribution >= 4 is 48.8 Å². The molecule has 3 fully saturated rings. The highest BCUT2D eigenvalue weighted by molar-refractivity contribution is 7.58. The second-order valence-corrected chi connectivity index (χ2v) is 15.8. The smallest absolute Gasteiger partial charge is 0.328 e. The second-order valence-electron chi connectivity index (χ2n) is 11.2. The average molecular weight is 654 g/mol. The number of hydrogen-bond acceptors (Lipinski definition) is 15. The van der Waals surface area contributed by atoms with Crippen LogP contribution in [0.3, 0.4) is 0 Å². The summed E-state index contributed by atoms with van der Waals surface area (Å²) in [5.74, 6) is -0.653. The third kappa shape index (κ3) is 5.08. The lowest BCUT2D eigenvalue weighted by Gasteiger charge is -2.27. The Labute approximate surface area is 249 Å². The molecule has 10 atom stereocenters. The maximum atomic E-state index is 16.1. The van der Waals surface area contributed by atoms with E-state index in [1.165, 1.54) is 43.1 Å². The van der Waals surface area contributed by atoms with Crippen LogP contribution in [0, 0.1) is 5.92 Å². The van der Waals surface area contributed by atoms with Gasteiger partial charge in [-0.1, -0.05) is 0 Å². The molecule has 2 unspecified atom stereocenters. The van der Waals surface area contributed by atoms with Crippen molar-refractivity contribution in [3.63, 3.8) is 0 Å². The zero-order valence-electron chi connectivity index (χ0n) is 23.5. The van der Waals surface area contributed by atoms with Gasteiger partial charge >= 0.3 is 7.60 Å². The number of nitrogens with zero attached hydrogens (tertiary/aromatic N) is 7. The van der Waals surface area contributed by atoms with Crippen LogP contribution < -0.4 is 11.5 Å². The Hall–Kier alpha value is -3.08. The quantitative estimate of drug-likeness (QED) is 0.262. The SMILES string of the molecule is CP1(=O)C[C@@H]2[C@H](O)[C@@H](COP(C)(=O)O[C@H]3[C@@H](F)[C@H](n4cnc5c(N)ccnc54)O[C@@H]3CO1)O[C@H]2n1cnc2c(N)ncnc21. The molecule has 44 heavy (non-hydrogen) atoms. The lowest BCUT2D eigenvalue weighted by atomic mass is 10.0. The van der Waals surface area contributed by atoms with Gasteiger partial charge in [-0.3, -0.25) is 22.8 Å². The van der Waals surface area contributed by atoms with Crippen molar-refractivity contribution < 1.29 is 41.7 Å². The highest BCUT2D eigenvalue weighted by Crippen LogP contribution is 2.54. The predicted octanol–water partition coefficient (Wildman–Crippen LogP) is 1.71. The zero-order chi connectivity index (χ0) is 31.0. The normalized spacial score (nSPS) is 38.3. The number of aliphatic hydroxyl groups excluding tert-OH is 1. The van der Waals surface area contributed by atoms with E-state index in [9.17, 15) is 14.2 Å². The number of nitrogen functional groups attached to an aromatic ring is 2. The maximum Gasteiger partial charge on any atom is 0.328 e. The molecule has 4 aromatic heterocycles. The van der Waals surface area contributed by atoms with Gasteiger partial charge in [0, 0.05) is 31.6 Å². The molecule has 0 amide bonds. The molecule has 0 spiro atoms. The molecule has 0 aliphatic carbocycles. The largest absolute Gasteiger partial charge is 0.397 e. The number of imidazole rings is 2. The summed E-state index contributed by atoms with van der Waals surface area (Å²) in [7, 11) is -7.51. The lowest BCUT2D eigenvalue weighted by Crippen LogP contribution is -2.34. The third-order valence-electron chi connectivity index (χ3n) is 8.04. The number of aromatic nitrogens is 7. The van der Waals surface area contributed by atoms with Crippen LogP contribution in [0.2, 0.25) is 0 Å². The molecule has 3 aliphatic rings. The average Bonchev–Trinajstić information content (AvgIpc) is 3.73. The van der Waals surface area contributed by atoms with Gasteiger partial charge in [-0.05, 0) is 6.07 Å². The first-order chi connectivity index (χ1) is 20.9. The number of ether oxygens (including phenoxy) is 2. The predicted molar refractivity (Wildman–Crippen MR) is 153 cm³/mol. The summed E-state index contributed by atoms with van der Waals surface area (Å²) >= 11 is 0. The fourth-order valence-electron chi connectivity index (χ4n) is 5.91. The molecule has 17 nitrogen and oxygen atoms in total. The van der Waals surface area contributed by atoms with Crippen LogP contribution in [0.15, 0.2) is 31.2 Å². The van der Waals surface area contributed by atoms with E-state index in [0.717, 1.165) is 0 Å². The molecule has 7 rings (SSSR count). The van der Waals surface area contributed by atoms with Crippen molar-refractivity contribution in [1.82, 2.24) is 34.1 Å². The summed E-state index contributed by atoms with van der Waals surface area (Å²) in [6, 6.07) is 1.56. The van der Waals surface area contributed by atoms with Crippen LogP contribution in [0.5, 0.6) is 0 Å². The molecule has 3 saturated heterocycles. The van der Waals surface area contributed by atoms with Gasteiger partial charge in [0.2, 0.25) is 7.37 Å². The van der Waals surface area contributed by atoms with E-state index < -0.39 is 63.9 Å². The molecule has 7 heterocycles. The number of nitrogens with two attached hydrogens (primary N) is 2. The summed E-state index contributed by atoms with van der Waals surface area (Å²) in [6.45, 7) is 1.83. The number of pyridine rings is 1. The molecule has 5 N–H and O–H groups in total. The molecule has 0 radical (unpaired) electrons. The van der Waals surface area contributed by atoms with Gasteiger partial charge in [0.15, 0.2) is 29.5 Å². The molecule has 2 bridgehead atoms. The summed E-state index contributed by atoms with van der Waals surface area (Å²) in [6.07, 6.45) is -3.58. The first-order valence-electron chi connectivity index (χ1n) is 13.7. The number of rotatable bonds is 2. The number of anilines is 2. The molecule has 20 heteroatoms. The summed E-state index contributed by atoms with van der Waals surface area (Å²) in [5.41, 5.74) is 13.6. The molecule has 0 saturated carbocycles. The van der Waals surface area contributed by atoms with Crippen molar-refractivity contribution in [1.29, 1.82) is 0 Å². The Morgan fingerprint density at radius 2 is 1.61 bits per heavy atom. The maximum absolute atomic E-state index is 16.1. The second kappa shape index (κ2) is 10.8. The fraction of sp³-hybridized carbons (Fsp3) is 0.542. The van der Waals surface area contributed by atoms with Gasteiger partial charge in [-0.2, -0.15) is 0 Å². The standard InChI is InChI=1S/C24H30FN9O8P2/c1-43(36)7-11-18(35)13(40-23(11)33-10-32-17-20(27)29-8-30-22(17)33)5-39-44(2,37)42-19-14(6-38-43)41-24(15(19)25)34-9-31-16-12(26)3-4-28-21(16)34/h3-4,8-11,13-15,18-19,23-24,35H,5-7H2,1-2H3,(H2,26,28)(H2,27,29,30)/t11-,13-,14-,15-,18+,19-,23-,24-,43?,44?/m1/s1. The Kier molecular flexibility index (Phi) is 7.25. The first kappa shape index (κ1) is 29.6. The van der Waals surface area contributed by atoms with Crippen LogP contribution in [0.1, 0.15) is 12.5 Å². The minimum Gasteiger partial charge on any atom is -0.397 e. The minimum absolute atomic E-state index is 0.143. The number of alkyl halides is 1. The van der Waals surface area contributed by atoms with Gasteiger partial charge in [-0.25, -0.2) is 29.3 Å². The van der Waals surface area contributed by atoms with Crippen LogP contribution in [-0.2, 0) is 32.2 Å². The summed E-state index contributed by atoms with van der Waals surface area (Å²) in [5, 5.41) is 11.3. The van der Waals surface area contributed by atoms with E-state index in [2.05, 4.69) is 24.9 Å². The highest BCUT2D eigenvalue weighted by Gasteiger charge is 2.53. The van der Waals surface area contributed by atoms with Gasteiger partial charge in [0.1, 0.15) is 41.9 Å². The van der Waals surface area contributed by atoms with E-state index in [1.54, 1.807) is 10.6 Å². The van der Waals surface area contributed by atoms with Gasteiger partial charge in [0.05, 0.1) is 37.7 Å². The van der Waals surface area contributed by atoms with Gasteiger partial charge < -0.3 is 35.1 Å². The van der Waals surface area contributed by atoms with Crippen molar-refractivity contribution in [2.24, 2.45) is 5.92 Å². The molecular weight excluding hydrogens is 623 g/mol. The van der Waals surface area contributed by atoms with E-state index in [0.29, 0.717) is 22.4 Å². The Balaban J connectivity index is 1.20.